The summed E-state index contributed by atoms with van der Waals surface area (Å²) in [4.78, 5) is 26.7. The van der Waals surface area contributed by atoms with Crippen LogP contribution in [0.5, 0.6) is 0 Å². The van der Waals surface area contributed by atoms with Crippen molar-refractivity contribution in [2.24, 2.45) is 5.41 Å². The standard InChI is InChI=1S/C19H15Cl2NO2/c20-14-6-13(7-15(21)8-14)16-9-19(16)10-17(23)22(18(19)24)11-12-4-2-1-3-5-12/h1-8,16H,9-11H2/t16-,19?/m0/s1. The summed E-state index contributed by atoms with van der Waals surface area (Å²) < 4.78 is 0. The first kappa shape index (κ1) is 15.7. The highest BCUT2D eigenvalue weighted by Gasteiger charge is 2.67. The number of hydrogen-bond donors (Lipinski definition) is 0. The molecule has 1 heterocycles. The van der Waals surface area contributed by atoms with E-state index < -0.39 is 5.41 Å². The molecule has 4 rings (SSSR count). The summed E-state index contributed by atoms with van der Waals surface area (Å²) in [5.41, 5.74) is 1.30. The van der Waals surface area contributed by atoms with Gasteiger partial charge >= 0.3 is 0 Å². The second-order valence-corrected chi connectivity index (χ2v) is 7.44. The van der Waals surface area contributed by atoms with Crippen LogP contribution in [0.3, 0.4) is 0 Å². The van der Waals surface area contributed by atoms with Gasteiger partial charge in [0.1, 0.15) is 0 Å². The van der Waals surface area contributed by atoms with Gasteiger partial charge in [-0.1, -0.05) is 53.5 Å². The predicted octanol–water partition coefficient (Wildman–Crippen LogP) is 4.43. The molecule has 1 saturated heterocycles. The summed E-state index contributed by atoms with van der Waals surface area (Å²) >= 11 is 12.1. The Labute approximate surface area is 150 Å². The number of imide groups is 1. The normalized spacial score (nSPS) is 25.6. The SMILES string of the molecule is O=C1CC2(C[C@H]2c2cc(Cl)cc(Cl)c2)C(=O)N1Cc1ccccc1. The van der Waals surface area contributed by atoms with Crippen LogP contribution in [0, 0.1) is 5.41 Å². The first-order chi connectivity index (χ1) is 11.5. The molecule has 1 unspecified atom stereocenters. The molecular weight excluding hydrogens is 345 g/mol. The Hall–Kier alpha value is -1.84. The molecule has 1 aliphatic heterocycles. The number of hydrogen-bond acceptors (Lipinski definition) is 2. The van der Waals surface area contributed by atoms with Gasteiger partial charge in [0.15, 0.2) is 0 Å². The van der Waals surface area contributed by atoms with Gasteiger partial charge in [0.2, 0.25) is 11.8 Å². The zero-order valence-corrected chi connectivity index (χ0v) is 14.3. The van der Waals surface area contributed by atoms with Crippen LogP contribution >= 0.6 is 23.2 Å². The largest absolute Gasteiger partial charge is 0.278 e. The van der Waals surface area contributed by atoms with E-state index in [4.69, 9.17) is 23.2 Å². The molecule has 5 heteroatoms. The zero-order chi connectivity index (χ0) is 16.9. The van der Waals surface area contributed by atoms with Crippen LogP contribution in [0.15, 0.2) is 48.5 Å². The van der Waals surface area contributed by atoms with Crippen molar-refractivity contribution in [3.05, 3.63) is 69.7 Å². The van der Waals surface area contributed by atoms with Crippen molar-refractivity contribution >= 4 is 35.0 Å². The smallest absolute Gasteiger partial charge is 0.236 e. The van der Waals surface area contributed by atoms with E-state index >= 15 is 0 Å². The summed E-state index contributed by atoms with van der Waals surface area (Å²) in [6.45, 7) is 0.337. The van der Waals surface area contributed by atoms with Crippen LogP contribution in [-0.2, 0) is 16.1 Å². The van der Waals surface area contributed by atoms with E-state index in [-0.39, 0.29) is 24.2 Å². The van der Waals surface area contributed by atoms with Gasteiger partial charge in [-0.2, -0.15) is 0 Å². The van der Waals surface area contributed by atoms with Crippen LogP contribution < -0.4 is 0 Å². The van der Waals surface area contributed by atoms with Crippen LogP contribution in [0.4, 0.5) is 0 Å². The van der Waals surface area contributed by atoms with Crippen LogP contribution in [0.25, 0.3) is 0 Å². The Morgan fingerprint density at radius 1 is 1.04 bits per heavy atom. The van der Waals surface area contributed by atoms with Crippen molar-refractivity contribution in [3.8, 4) is 0 Å². The third kappa shape index (κ3) is 2.52. The fraction of sp³-hybridized carbons (Fsp3) is 0.263. The first-order valence-corrected chi connectivity index (χ1v) is 8.60. The zero-order valence-electron chi connectivity index (χ0n) is 12.8. The molecule has 2 aromatic rings. The van der Waals surface area contributed by atoms with Gasteiger partial charge in [0, 0.05) is 22.4 Å². The van der Waals surface area contributed by atoms with Crippen LogP contribution in [0.1, 0.15) is 29.9 Å². The Morgan fingerprint density at radius 2 is 1.71 bits per heavy atom. The van der Waals surface area contributed by atoms with Gasteiger partial charge < -0.3 is 0 Å². The van der Waals surface area contributed by atoms with Crippen molar-refractivity contribution < 1.29 is 9.59 Å². The van der Waals surface area contributed by atoms with Crippen molar-refractivity contribution in [2.45, 2.75) is 25.3 Å². The first-order valence-electron chi connectivity index (χ1n) is 7.84. The van der Waals surface area contributed by atoms with E-state index in [1.807, 2.05) is 42.5 Å². The summed E-state index contributed by atoms with van der Waals surface area (Å²) in [5.74, 6) is -0.150. The topological polar surface area (TPSA) is 37.4 Å². The highest BCUT2D eigenvalue weighted by Crippen LogP contribution is 2.65. The monoisotopic (exact) mass is 359 g/mol. The molecule has 2 aromatic carbocycles. The molecule has 24 heavy (non-hydrogen) atoms. The van der Waals surface area contributed by atoms with Gasteiger partial charge in [0.05, 0.1) is 12.0 Å². The predicted molar refractivity (Wildman–Crippen MR) is 92.9 cm³/mol. The maximum Gasteiger partial charge on any atom is 0.236 e. The summed E-state index contributed by atoms with van der Waals surface area (Å²) in [6.07, 6.45) is 0.951. The maximum atomic E-state index is 12.9. The third-order valence-electron chi connectivity index (χ3n) is 4.98. The minimum absolute atomic E-state index is 0.0194. The summed E-state index contributed by atoms with van der Waals surface area (Å²) in [6, 6.07) is 14.9. The fourth-order valence-electron chi connectivity index (χ4n) is 3.70. The fourth-order valence-corrected chi connectivity index (χ4v) is 4.24. The molecule has 122 valence electrons. The average Bonchev–Trinajstić information content (AvgIpc) is 3.22. The maximum absolute atomic E-state index is 12.9. The van der Waals surface area contributed by atoms with Crippen molar-refractivity contribution in [1.82, 2.24) is 4.90 Å². The van der Waals surface area contributed by atoms with Gasteiger partial charge in [-0.05, 0) is 35.7 Å². The Bertz CT molecular complexity index is 816. The van der Waals surface area contributed by atoms with Gasteiger partial charge in [-0.15, -0.1) is 0 Å². The second kappa shape index (κ2) is 5.61. The molecule has 3 nitrogen and oxygen atoms in total. The third-order valence-corrected chi connectivity index (χ3v) is 5.42. The number of carbonyl (C=O) groups is 2. The number of benzene rings is 2. The molecule has 2 amide bonds. The molecule has 0 aromatic heterocycles. The van der Waals surface area contributed by atoms with E-state index in [9.17, 15) is 9.59 Å². The number of nitrogens with zero attached hydrogens (tertiary/aromatic N) is 1. The lowest BCUT2D eigenvalue weighted by atomic mass is 9.97. The quantitative estimate of drug-likeness (QED) is 0.760. The van der Waals surface area contributed by atoms with Crippen molar-refractivity contribution in [1.29, 1.82) is 0 Å². The Balaban J connectivity index is 1.58. The molecule has 2 fully saturated rings. The molecule has 0 bridgehead atoms. The highest BCUT2D eigenvalue weighted by atomic mass is 35.5. The molecule has 0 radical (unpaired) electrons. The van der Waals surface area contributed by atoms with Gasteiger partial charge in [-0.3, -0.25) is 14.5 Å². The van der Waals surface area contributed by atoms with Gasteiger partial charge in [-0.25, -0.2) is 0 Å². The molecule has 2 atom stereocenters. The van der Waals surface area contributed by atoms with Crippen LogP contribution in [-0.4, -0.2) is 16.7 Å². The Kier molecular flexibility index (Phi) is 3.66. The summed E-state index contributed by atoms with van der Waals surface area (Å²) in [7, 11) is 0. The number of rotatable bonds is 3. The molecule has 1 aliphatic carbocycles. The van der Waals surface area contributed by atoms with E-state index in [0.29, 0.717) is 23.0 Å². The number of likely N-dealkylation sites (tertiary alicyclic amines) is 1. The molecule has 1 saturated carbocycles. The summed E-state index contributed by atoms with van der Waals surface area (Å²) in [5, 5.41) is 1.11. The van der Waals surface area contributed by atoms with Crippen molar-refractivity contribution in [2.75, 3.05) is 0 Å². The molecular formula is C19H15Cl2NO2. The van der Waals surface area contributed by atoms with Gasteiger partial charge in [0.25, 0.3) is 0 Å². The lowest BCUT2D eigenvalue weighted by Gasteiger charge is -2.15. The van der Waals surface area contributed by atoms with E-state index in [1.165, 1.54) is 4.90 Å². The minimum atomic E-state index is -0.597. The molecule has 2 aliphatic rings. The average molecular weight is 360 g/mol. The molecule has 1 spiro atoms. The number of carbonyl (C=O) groups excluding carboxylic acids is 2. The number of halogens is 2. The molecule has 0 N–H and O–H groups in total. The van der Waals surface area contributed by atoms with E-state index in [1.54, 1.807) is 6.07 Å². The van der Waals surface area contributed by atoms with Crippen LogP contribution in [0.2, 0.25) is 10.0 Å². The Morgan fingerprint density at radius 3 is 2.38 bits per heavy atom. The van der Waals surface area contributed by atoms with Crippen molar-refractivity contribution in [3.63, 3.8) is 0 Å². The highest BCUT2D eigenvalue weighted by molar-refractivity contribution is 6.34. The lowest BCUT2D eigenvalue weighted by molar-refractivity contribution is -0.140. The lowest BCUT2D eigenvalue weighted by Crippen LogP contribution is -2.30. The number of amides is 2. The second-order valence-electron chi connectivity index (χ2n) is 6.56. The van der Waals surface area contributed by atoms with E-state index in [0.717, 1.165) is 11.1 Å². The van der Waals surface area contributed by atoms with E-state index in [2.05, 4.69) is 0 Å². The minimum Gasteiger partial charge on any atom is -0.278 e.